The van der Waals surface area contributed by atoms with E-state index in [4.69, 9.17) is 14.2 Å². The minimum absolute atomic E-state index is 0.169. The number of aromatic nitrogens is 2. The van der Waals surface area contributed by atoms with E-state index in [1.54, 1.807) is 39.5 Å². The SMILES string of the molecule is COc1cccc(CCNC(=O)Cn2nc(-c3ccc(OC)c(OC)c3)ccc2=O)c1. The van der Waals surface area contributed by atoms with Gasteiger partial charge < -0.3 is 19.5 Å². The van der Waals surface area contributed by atoms with Crippen LogP contribution in [0, 0.1) is 0 Å². The van der Waals surface area contributed by atoms with E-state index in [2.05, 4.69) is 10.4 Å². The van der Waals surface area contributed by atoms with Crippen molar-refractivity contribution < 1.29 is 19.0 Å². The standard InChI is InChI=1S/C23H25N3O5/c1-29-18-6-4-5-16(13-18)11-12-24-22(27)15-26-23(28)10-8-19(25-26)17-7-9-20(30-2)21(14-17)31-3/h4-10,13-14H,11-12,15H2,1-3H3,(H,24,27). The number of benzene rings is 2. The van der Waals surface area contributed by atoms with Crippen LogP contribution in [-0.2, 0) is 17.8 Å². The van der Waals surface area contributed by atoms with Crippen LogP contribution >= 0.6 is 0 Å². The summed E-state index contributed by atoms with van der Waals surface area (Å²) in [5.41, 5.74) is 1.98. The second-order valence-electron chi connectivity index (χ2n) is 6.74. The average Bonchev–Trinajstić information content (AvgIpc) is 2.80. The topological polar surface area (TPSA) is 91.7 Å². The third-order valence-electron chi connectivity index (χ3n) is 4.71. The summed E-state index contributed by atoms with van der Waals surface area (Å²) in [6, 6.07) is 16.0. The average molecular weight is 423 g/mol. The molecule has 1 heterocycles. The Morgan fingerprint density at radius 1 is 0.968 bits per heavy atom. The molecule has 2 aromatic carbocycles. The van der Waals surface area contributed by atoms with Gasteiger partial charge in [0.05, 0.1) is 27.0 Å². The minimum atomic E-state index is -0.354. The number of hydrogen-bond donors (Lipinski definition) is 1. The number of rotatable bonds is 9. The lowest BCUT2D eigenvalue weighted by molar-refractivity contribution is -0.121. The van der Waals surface area contributed by atoms with E-state index in [-0.39, 0.29) is 18.0 Å². The molecule has 31 heavy (non-hydrogen) atoms. The van der Waals surface area contributed by atoms with Crippen LogP contribution in [0.15, 0.2) is 59.4 Å². The lowest BCUT2D eigenvalue weighted by Crippen LogP contribution is -2.34. The Balaban J connectivity index is 1.66. The molecule has 1 aromatic heterocycles. The third kappa shape index (κ3) is 5.63. The summed E-state index contributed by atoms with van der Waals surface area (Å²) in [6.45, 7) is 0.272. The molecule has 8 heteroatoms. The third-order valence-corrected chi connectivity index (χ3v) is 4.71. The second-order valence-corrected chi connectivity index (χ2v) is 6.74. The van der Waals surface area contributed by atoms with Gasteiger partial charge in [-0.2, -0.15) is 5.10 Å². The number of methoxy groups -OCH3 is 3. The maximum atomic E-state index is 12.3. The van der Waals surface area contributed by atoms with Crippen LogP contribution < -0.4 is 25.1 Å². The van der Waals surface area contributed by atoms with Gasteiger partial charge in [0.25, 0.3) is 5.56 Å². The molecule has 0 aliphatic rings. The first-order valence-corrected chi connectivity index (χ1v) is 9.74. The van der Waals surface area contributed by atoms with E-state index >= 15 is 0 Å². The fourth-order valence-electron chi connectivity index (χ4n) is 3.08. The fourth-order valence-corrected chi connectivity index (χ4v) is 3.08. The summed E-state index contributed by atoms with van der Waals surface area (Å²) in [6.07, 6.45) is 0.650. The molecule has 0 saturated carbocycles. The summed E-state index contributed by atoms with van der Waals surface area (Å²) < 4.78 is 16.9. The quantitative estimate of drug-likeness (QED) is 0.568. The van der Waals surface area contributed by atoms with Crippen molar-refractivity contribution in [2.75, 3.05) is 27.9 Å². The van der Waals surface area contributed by atoms with Gasteiger partial charge in [0.2, 0.25) is 5.91 Å². The number of carbonyl (C=O) groups excluding carboxylic acids is 1. The van der Waals surface area contributed by atoms with Crippen LogP contribution in [0.4, 0.5) is 0 Å². The highest BCUT2D eigenvalue weighted by Crippen LogP contribution is 2.31. The number of ether oxygens (including phenoxy) is 3. The molecule has 0 unspecified atom stereocenters. The molecule has 1 N–H and O–H groups in total. The largest absolute Gasteiger partial charge is 0.497 e. The van der Waals surface area contributed by atoms with Crippen molar-refractivity contribution in [1.82, 2.24) is 15.1 Å². The first-order valence-electron chi connectivity index (χ1n) is 9.74. The van der Waals surface area contributed by atoms with Crippen molar-refractivity contribution in [1.29, 1.82) is 0 Å². The molecule has 8 nitrogen and oxygen atoms in total. The Hall–Kier alpha value is -3.81. The lowest BCUT2D eigenvalue weighted by Gasteiger charge is -2.11. The predicted molar refractivity (Wildman–Crippen MR) is 117 cm³/mol. The van der Waals surface area contributed by atoms with Crippen LogP contribution in [0.1, 0.15) is 5.56 Å². The first kappa shape index (κ1) is 21.9. The van der Waals surface area contributed by atoms with E-state index in [0.717, 1.165) is 21.6 Å². The Morgan fingerprint density at radius 2 is 1.77 bits per heavy atom. The van der Waals surface area contributed by atoms with Gasteiger partial charge in [-0.1, -0.05) is 12.1 Å². The van der Waals surface area contributed by atoms with Crippen molar-refractivity contribution in [2.45, 2.75) is 13.0 Å². The monoisotopic (exact) mass is 423 g/mol. The molecule has 0 bridgehead atoms. The van der Waals surface area contributed by atoms with Crippen molar-refractivity contribution >= 4 is 5.91 Å². The molecule has 0 atom stereocenters. The van der Waals surface area contributed by atoms with Crippen molar-refractivity contribution in [2.24, 2.45) is 0 Å². The highest BCUT2D eigenvalue weighted by Gasteiger charge is 2.11. The van der Waals surface area contributed by atoms with Gasteiger partial charge in [0.15, 0.2) is 11.5 Å². The van der Waals surface area contributed by atoms with Crippen LogP contribution in [-0.4, -0.2) is 43.6 Å². The van der Waals surface area contributed by atoms with E-state index in [1.807, 2.05) is 30.3 Å². The molecule has 162 valence electrons. The molecule has 0 saturated heterocycles. The zero-order valence-corrected chi connectivity index (χ0v) is 17.8. The number of nitrogens with zero attached hydrogens (tertiary/aromatic N) is 2. The number of carbonyl (C=O) groups is 1. The summed E-state index contributed by atoms with van der Waals surface area (Å²) in [7, 11) is 4.72. The summed E-state index contributed by atoms with van der Waals surface area (Å²) >= 11 is 0. The van der Waals surface area contributed by atoms with E-state index in [1.165, 1.54) is 6.07 Å². The van der Waals surface area contributed by atoms with Gasteiger partial charge in [0, 0.05) is 18.2 Å². The molecular weight excluding hydrogens is 398 g/mol. The summed E-state index contributed by atoms with van der Waals surface area (Å²) in [5, 5.41) is 7.15. The van der Waals surface area contributed by atoms with Crippen LogP contribution in [0.2, 0.25) is 0 Å². The van der Waals surface area contributed by atoms with Crippen LogP contribution in [0.25, 0.3) is 11.3 Å². The molecule has 0 spiro atoms. The predicted octanol–water partition coefficient (Wildman–Crippen LogP) is 2.30. The molecular formula is C23H25N3O5. The zero-order chi connectivity index (χ0) is 22.2. The maximum absolute atomic E-state index is 12.3. The van der Waals surface area contributed by atoms with Gasteiger partial charge in [-0.05, 0) is 48.4 Å². The van der Waals surface area contributed by atoms with E-state index < -0.39 is 0 Å². The van der Waals surface area contributed by atoms with Gasteiger partial charge in [-0.3, -0.25) is 9.59 Å². The number of amides is 1. The Morgan fingerprint density at radius 3 is 2.52 bits per heavy atom. The summed E-state index contributed by atoms with van der Waals surface area (Å²) in [5.74, 6) is 1.62. The van der Waals surface area contributed by atoms with Crippen LogP contribution in [0.5, 0.6) is 17.2 Å². The molecule has 3 rings (SSSR count). The molecule has 0 fully saturated rings. The van der Waals surface area contributed by atoms with Gasteiger partial charge in [-0.15, -0.1) is 0 Å². The fraction of sp³-hybridized carbons (Fsp3) is 0.261. The number of nitrogens with one attached hydrogen (secondary N) is 1. The van der Waals surface area contributed by atoms with Crippen molar-refractivity contribution in [3.8, 4) is 28.5 Å². The molecule has 3 aromatic rings. The zero-order valence-electron chi connectivity index (χ0n) is 17.8. The smallest absolute Gasteiger partial charge is 0.267 e. The molecule has 0 aliphatic heterocycles. The molecule has 0 aliphatic carbocycles. The second kappa shape index (κ2) is 10.3. The Kier molecular flexibility index (Phi) is 7.26. The highest BCUT2D eigenvalue weighted by atomic mass is 16.5. The normalized spacial score (nSPS) is 10.4. The Bertz CT molecular complexity index is 1110. The van der Waals surface area contributed by atoms with Gasteiger partial charge in [-0.25, -0.2) is 4.68 Å². The highest BCUT2D eigenvalue weighted by molar-refractivity contribution is 5.75. The van der Waals surface area contributed by atoms with Crippen molar-refractivity contribution in [3.63, 3.8) is 0 Å². The Labute approximate surface area is 180 Å². The van der Waals surface area contributed by atoms with Crippen LogP contribution in [0.3, 0.4) is 0 Å². The number of hydrogen-bond acceptors (Lipinski definition) is 6. The van der Waals surface area contributed by atoms with Gasteiger partial charge in [0.1, 0.15) is 12.3 Å². The lowest BCUT2D eigenvalue weighted by atomic mass is 10.1. The first-order chi connectivity index (χ1) is 15.0. The molecule has 0 radical (unpaired) electrons. The van der Waals surface area contributed by atoms with Gasteiger partial charge >= 0.3 is 0 Å². The minimum Gasteiger partial charge on any atom is -0.497 e. The summed E-state index contributed by atoms with van der Waals surface area (Å²) in [4.78, 5) is 24.5. The van der Waals surface area contributed by atoms with E-state index in [9.17, 15) is 9.59 Å². The van der Waals surface area contributed by atoms with Crippen molar-refractivity contribution in [3.05, 3.63) is 70.5 Å². The van der Waals surface area contributed by atoms with E-state index in [0.29, 0.717) is 30.2 Å². The maximum Gasteiger partial charge on any atom is 0.267 e. The molecule has 1 amide bonds.